The number of nitrogens with zero attached hydrogens (tertiary/aromatic N) is 3. The van der Waals surface area contributed by atoms with E-state index < -0.39 is 0 Å². The number of hydrogen-bond acceptors (Lipinski definition) is 6. The fourth-order valence-electron chi connectivity index (χ4n) is 2.43. The normalized spacial score (nSPS) is 23.7. The van der Waals surface area contributed by atoms with Gasteiger partial charge < -0.3 is 9.84 Å². The highest BCUT2D eigenvalue weighted by atomic mass is 32.1. The highest BCUT2D eigenvalue weighted by Crippen LogP contribution is 2.25. The molecule has 0 bridgehead atoms. The summed E-state index contributed by atoms with van der Waals surface area (Å²) in [5, 5.41) is 10.6. The second-order valence-electron chi connectivity index (χ2n) is 5.22. The summed E-state index contributed by atoms with van der Waals surface area (Å²) in [5.41, 5.74) is 1.01. The number of thiazole rings is 1. The van der Waals surface area contributed by atoms with Crippen molar-refractivity contribution in [2.45, 2.75) is 39.2 Å². The van der Waals surface area contributed by atoms with Gasteiger partial charge in [-0.3, -0.25) is 0 Å². The van der Waals surface area contributed by atoms with Crippen LogP contribution in [0.25, 0.3) is 0 Å². The van der Waals surface area contributed by atoms with Gasteiger partial charge >= 0.3 is 0 Å². The van der Waals surface area contributed by atoms with E-state index in [1.165, 1.54) is 6.42 Å². The molecule has 1 N–H and O–H groups in total. The number of hydrogen-bond donors (Lipinski definition) is 1. The Morgan fingerprint density at radius 1 is 1.47 bits per heavy atom. The van der Waals surface area contributed by atoms with Crippen LogP contribution in [0.3, 0.4) is 0 Å². The van der Waals surface area contributed by atoms with E-state index in [0.717, 1.165) is 29.5 Å². The second kappa shape index (κ2) is 5.38. The molecule has 1 fully saturated rings. The molecule has 0 spiro atoms. The quantitative estimate of drug-likeness (QED) is 0.934. The highest BCUT2D eigenvalue weighted by molar-refractivity contribution is 7.09. The van der Waals surface area contributed by atoms with Crippen LogP contribution in [0.1, 0.15) is 48.2 Å². The maximum atomic E-state index is 5.38. The van der Waals surface area contributed by atoms with Crippen molar-refractivity contribution >= 4 is 11.3 Å². The van der Waals surface area contributed by atoms with Gasteiger partial charge in [-0.05, 0) is 32.2 Å². The predicted octanol–water partition coefficient (Wildman–Crippen LogP) is 2.49. The van der Waals surface area contributed by atoms with E-state index in [9.17, 15) is 0 Å². The molecular formula is C13H18N4OS. The van der Waals surface area contributed by atoms with Crippen LogP contribution in [0.15, 0.2) is 9.90 Å². The second-order valence-corrected chi connectivity index (χ2v) is 6.28. The number of nitrogens with one attached hydrogen (secondary N) is 1. The molecule has 3 rings (SSSR count). The van der Waals surface area contributed by atoms with Crippen LogP contribution in [0.4, 0.5) is 0 Å². The van der Waals surface area contributed by atoms with Crippen LogP contribution in [0.2, 0.25) is 0 Å². The smallest absolute Gasteiger partial charge is 0.243 e. The molecule has 1 aliphatic heterocycles. The van der Waals surface area contributed by atoms with Gasteiger partial charge in [-0.2, -0.15) is 4.98 Å². The van der Waals surface area contributed by atoms with Gasteiger partial charge in [-0.25, -0.2) is 4.98 Å². The zero-order valence-electron chi connectivity index (χ0n) is 11.2. The summed E-state index contributed by atoms with van der Waals surface area (Å²) in [7, 11) is 0. The van der Waals surface area contributed by atoms with E-state index in [1.807, 2.05) is 12.3 Å². The van der Waals surface area contributed by atoms with Crippen LogP contribution in [0.5, 0.6) is 0 Å². The third-order valence-corrected chi connectivity index (χ3v) is 4.28. The summed E-state index contributed by atoms with van der Waals surface area (Å²) in [6, 6.07) is 0.210. The number of rotatable bonds is 3. The molecule has 0 saturated carbocycles. The lowest BCUT2D eigenvalue weighted by Gasteiger charge is -2.25. The molecule has 2 aromatic rings. The summed E-state index contributed by atoms with van der Waals surface area (Å²) in [6.07, 6.45) is 2.93. The van der Waals surface area contributed by atoms with Crippen LogP contribution in [-0.4, -0.2) is 21.7 Å². The lowest BCUT2D eigenvalue weighted by Crippen LogP contribution is -2.30. The topological polar surface area (TPSA) is 63.8 Å². The Balaban J connectivity index is 1.69. The van der Waals surface area contributed by atoms with Crippen molar-refractivity contribution in [3.8, 4) is 0 Å². The Bertz CT molecular complexity index is 550. The Morgan fingerprint density at radius 2 is 2.37 bits per heavy atom. The van der Waals surface area contributed by atoms with Gasteiger partial charge in [0.25, 0.3) is 0 Å². The minimum atomic E-state index is 0.210. The molecule has 3 heterocycles. The van der Waals surface area contributed by atoms with Crippen molar-refractivity contribution in [1.29, 1.82) is 0 Å². The van der Waals surface area contributed by atoms with E-state index in [1.54, 1.807) is 11.3 Å². The Labute approximate surface area is 116 Å². The summed E-state index contributed by atoms with van der Waals surface area (Å²) < 4.78 is 5.38. The van der Waals surface area contributed by atoms with E-state index in [2.05, 4.69) is 27.4 Å². The number of piperidine rings is 1. The predicted molar refractivity (Wildman–Crippen MR) is 73.1 cm³/mol. The van der Waals surface area contributed by atoms with Gasteiger partial charge in [-0.1, -0.05) is 12.1 Å². The molecule has 5 nitrogen and oxygen atoms in total. The van der Waals surface area contributed by atoms with Gasteiger partial charge in [0.15, 0.2) is 5.82 Å². The van der Waals surface area contributed by atoms with Crippen molar-refractivity contribution in [2.24, 2.45) is 5.92 Å². The van der Waals surface area contributed by atoms with Crippen LogP contribution >= 0.6 is 11.3 Å². The lowest BCUT2D eigenvalue weighted by atomic mass is 9.94. The fourth-order valence-corrected chi connectivity index (χ4v) is 3.04. The first kappa shape index (κ1) is 12.7. The van der Waals surface area contributed by atoms with Crippen molar-refractivity contribution in [3.05, 3.63) is 27.8 Å². The van der Waals surface area contributed by atoms with Crippen molar-refractivity contribution < 1.29 is 4.52 Å². The van der Waals surface area contributed by atoms with Crippen LogP contribution in [0, 0.1) is 12.8 Å². The summed E-state index contributed by atoms with van der Waals surface area (Å²) in [4.78, 5) is 8.92. The van der Waals surface area contributed by atoms with E-state index in [-0.39, 0.29) is 6.04 Å². The average molecular weight is 278 g/mol. The number of aromatic nitrogens is 3. The van der Waals surface area contributed by atoms with Gasteiger partial charge in [0.2, 0.25) is 5.89 Å². The first-order valence-corrected chi connectivity index (χ1v) is 7.55. The molecule has 1 saturated heterocycles. The third-order valence-electron chi connectivity index (χ3n) is 3.45. The highest BCUT2D eigenvalue weighted by Gasteiger charge is 2.24. The summed E-state index contributed by atoms with van der Waals surface area (Å²) >= 11 is 1.65. The molecule has 0 amide bonds. The third kappa shape index (κ3) is 3.01. The first-order chi connectivity index (χ1) is 9.20. The van der Waals surface area contributed by atoms with E-state index in [0.29, 0.717) is 18.2 Å². The van der Waals surface area contributed by atoms with Gasteiger partial charge in [0.1, 0.15) is 0 Å². The maximum absolute atomic E-state index is 5.38. The van der Waals surface area contributed by atoms with E-state index in [4.69, 9.17) is 4.52 Å². The molecule has 0 aromatic carbocycles. The van der Waals surface area contributed by atoms with Gasteiger partial charge in [0, 0.05) is 5.38 Å². The van der Waals surface area contributed by atoms with Crippen molar-refractivity contribution in [2.75, 3.05) is 6.54 Å². The van der Waals surface area contributed by atoms with Crippen LogP contribution < -0.4 is 5.32 Å². The molecule has 102 valence electrons. The zero-order chi connectivity index (χ0) is 13.2. The Hall–Kier alpha value is -1.27. The summed E-state index contributed by atoms with van der Waals surface area (Å²) in [6.45, 7) is 5.29. The van der Waals surface area contributed by atoms with Gasteiger partial charge in [-0.15, -0.1) is 11.3 Å². The molecule has 1 aliphatic rings. The minimum absolute atomic E-state index is 0.210. The largest absolute Gasteiger partial charge is 0.338 e. The van der Waals surface area contributed by atoms with E-state index >= 15 is 0 Å². The number of aryl methyl sites for hydroxylation is 1. The van der Waals surface area contributed by atoms with Crippen molar-refractivity contribution in [1.82, 2.24) is 20.4 Å². The Kier molecular flexibility index (Phi) is 3.61. The SMILES string of the molecule is Cc1nc(Cc2noc(C3CC(C)CCN3)n2)cs1. The standard InChI is InChI=1S/C13H18N4OS/c1-8-3-4-14-11(5-8)13-16-12(17-18-13)6-10-7-19-9(2)15-10/h7-8,11,14H,3-6H2,1-2H3. The first-order valence-electron chi connectivity index (χ1n) is 6.67. The molecular weight excluding hydrogens is 260 g/mol. The molecule has 19 heavy (non-hydrogen) atoms. The fraction of sp³-hybridized carbons (Fsp3) is 0.615. The average Bonchev–Trinajstić information content (AvgIpc) is 2.99. The molecule has 2 unspecified atom stereocenters. The summed E-state index contributed by atoms with van der Waals surface area (Å²) in [5.74, 6) is 2.15. The Morgan fingerprint density at radius 3 is 3.11 bits per heavy atom. The molecule has 6 heteroatoms. The minimum Gasteiger partial charge on any atom is -0.338 e. The lowest BCUT2D eigenvalue weighted by molar-refractivity contribution is 0.259. The van der Waals surface area contributed by atoms with Crippen LogP contribution in [-0.2, 0) is 6.42 Å². The maximum Gasteiger partial charge on any atom is 0.243 e. The van der Waals surface area contributed by atoms with Gasteiger partial charge in [0.05, 0.1) is 23.2 Å². The van der Waals surface area contributed by atoms with Crippen molar-refractivity contribution in [3.63, 3.8) is 0 Å². The molecule has 2 aromatic heterocycles. The zero-order valence-corrected chi connectivity index (χ0v) is 12.0. The molecule has 0 radical (unpaired) electrons. The monoisotopic (exact) mass is 278 g/mol. The molecule has 2 atom stereocenters. The molecule has 0 aliphatic carbocycles.